The summed E-state index contributed by atoms with van der Waals surface area (Å²) in [6, 6.07) is 0. The summed E-state index contributed by atoms with van der Waals surface area (Å²) in [6.07, 6.45) is 1.40. The summed E-state index contributed by atoms with van der Waals surface area (Å²) in [7, 11) is 3.26. The van der Waals surface area contributed by atoms with Crippen LogP contribution in [-0.2, 0) is 4.79 Å². The molecular formula is C8H12ClN5O. The van der Waals surface area contributed by atoms with Gasteiger partial charge in [-0.05, 0) is 0 Å². The number of amides is 1. The third kappa shape index (κ3) is 2.95. The Balaban J connectivity index is 2.85. The lowest BCUT2D eigenvalue weighted by molar-refractivity contribution is -0.119. The summed E-state index contributed by atoms with van der Waals surface area (Å²) in [5, 5.41) is 2.86. The van der Waals surface area contributed by atoms with Crippen molar-refractivity contribution in [1.29, 1.82) is 0 Å². The Morgan fingerprint density at radius 1 is 1.73 bits per heavy atom. The average Bonchev–Trinajstić information content (AvgIpc) is 2.21. The van der Waals surface area contributed by atoms with Gasteiger partial charge in [0.25, 0.3) is 0 Å². The van der Waals surface area contributed by atoms with Gasteiger partial charge in [-0.3, -0.25) is 4.79 Å². The molecule has 0 bridgehead atoms. The predicted molar refractivity (Wildman–Crippen MR) is 58.8 cm³/mol. The summed E-state index contributed by atoms with van der Waals surface area (Å²) in [6.45, 7) is 0.159. The number of hydrogen-bond acceptors (Lipinski definition) is 5. The van der Waals surface area contributed by atoms with E-state index in [4.69, 9.17) is 17.3 Å². The van der Waals surface area contributed by atoms with Gasteiger partial charge in [-0.2, -0.15) is 4.98 Å². The highest BCUT2D eigenvalue weighted by atomic mass is 35.5. The molecule has 6 nitrogen and oxygen atoms in total. The van der Waals surface area contributed by atoms with Crippen molar-refractivity contribution in [3.8, 4) is 0 Å². The highest BCUT2D eigenvalue weighted by Crippen LogP contribution is 2.21. The zero-order chi connectivity index (χ0) is 11.4. The van der Waals surface area contributed by atoms with Crippen molar-refractivity contribution in [3.05, 3.63) is 11.2 Å². The number of hydrogen-bond donors (Lipinski definition) is 2. The number of rotatable bonds is 3. The van der Waals surface area contributed by atoms with Crippen LogP contribution in [0.1, 0.15) is 0 Å². The van der Waals surface area contributed by atoms with E-state index >= 15 is 0 Å². The fourth-order valence-electron chi connectivity index (χ4n) is 1.01. The largest absolute Gasteiger partial charge is 0.368 e. The van der Waals surface area contributed by atoms with Crippen molar-refractivity contribution in [1.82, 2.24) is 15.3 Å². The van der Waals surface area contributed by atoms with E-state index in [-0.39, 0.29) is 18.4 Å². The Morgan fingerprint density at radius 3 is 3.00 bits per heavy atom. The van der Waals surface area contributed by atoms with Gasteiger partial charge in [0.05, 0.1) is 12.7 Å². The molecule has 0 atom stereocenters. The van der Waals surface area contributed by atoms with Crippen LogP contribution in [0.3, 0.4) is 0 Å². The molecule has 15 heavy (non-hydrogen) atoms. The summed E-state index contributed by atoms with van der Waals surface area (Å²) in [4.78, 5) is 20.4. The van der Waals surface area contributed by atoms with E-state index in [0.29, 0.717) is 10.8 Å². The number of carbonyl (C=O) groups is 1. The molecule has 0 saturated carbocycles. The lowest BCUT2D eigenvalue weighted by Crippen LogP contribution is -2.33. The standard InChI is InChI=1S/C8H12ClN5O/c1-11-6(15)4-14(2)7-5(9)3-12-8(10)13-7/h3H,4H2,1-2H3,(H,11,15)(H2,10,12,13). The van der Waals surface area contributed by atoms with Crippen LogP contribution in [0.5, 0.6) is 0 Å². The van der Waals surface area contributed by atoms with Gasteiger partial charge < -0.3 is 16.0 Å². The van der Waals surface area contributed by atoms with E-state index < -0.39 is 0 Å². The van der Waals surface area contributed by atoms with E-state index in [0.717, 1.165) is 0 Å². The first kappa shape index (κ1) is 11.5. The Kier molecular flexibility index (Phi) is 3.68. The first-order chi connectivity index (χ1) is 7.04. The van der Waals surface area contributed by atoms with Crippen LogP contribution < -0.4 is 16.0 Å². The lowest BCUT2D eigenvalue weighted by atomic mass is 10.4. The number of anilines is 2. The van der Waals surface area contributed by atoms with E-state index in [9.17, 15) is 4.79 Å². The van der Waals surface area contributed by atoms with Gasteiger partial charge in [-0.25, -0.2) is 4.98 Å². The molecule has 1 amide bonds. The molecule has 0 aliphatic rings. The second-order valence-corrected chi connectivity index (χ2v) is 3.34. The highest BCUT2D eigenvalue weighted by Gasteiger charge is 2.11. The second kappa shape index (κ2) is 4.79. The Bertz CT molecular complexity index is 370. The normalized spacial score (nSPS) is 9.80. The highest BCUT2D eigenvalue weighted by molar-refractivity contribution is 6.32. The summed E-state index contributed by atoms with van der Waals surface area (Å²) < 4.78 is 0. The number of nitrogen functional groups attached to an aromatic ring is 1. The monoisotopic (exact) mass is 229 g/mol. The van der Waals surface area contributed by atoms with E-state index in [2.05, 4.69) is 15.3 Å². The summed E-state index contributed by atoms with van der Waals surface area (Å²) in [5.41, 5.74) is 5.42. The predicted octanol–water partition coefficient (Wildman–Crippen LogP) is -0.106. The smallest absolute Gasteiger partial charge is 0.239 e. The van der Waals surface area contributed by atoms with Crippen molar-refractivity contribution in [2.75, 3.05) is 31.3 Å². The third-order valence-electron chi connectivity index (χ3n) is 1.77. The topological polar surface area (TPSA) is 84.1 Å². The first-order valence-electron chi connectivity index (χ1n) is 4.24. The van der Waals surface area contributed by atoms with E-state index in [1.807, 2.05) is 0 Å². The molecule has 1 aromatic heterocycles. The molecule has 0 radical (unpaired) electrons. The molecule has 82 valence electrons. The molecule has 0 unspecified atom stereocenters. The van der Waals surface area contributed by atoms with Crippen LogP contribution in [0.25, 0.3) is 0 Å². The van der Waals surface area contributed by atoms with Gasteiger partial charge in [0.1, 0.15) is 5.02 Å². The number of carbonyl (C=O) groups excluding carboxylic acids is 1. The Hall–Kier alpha value is -1.56. The van der Waals surface area contributed by atoms with Crippen LogP contribution >= 0.6 is 11.6 Å². The summed E-state index contributed by atoms with van der Waals surface area (Å²) >= 11 is 5.86. The van der Waals surface area contributed by atoms with Crippen LogP contribution in [0.4, 0.5) is 11.8 Å². The number of halogens is 1. The third-order valence-corrected chi connectivity index (χ3v) is 2.03. The van der Waals surface area contributed by atoms with Gasteiger partial charge in [0, 0.05) is 14.1 Å². The van der Waals surface area contributed by atoms with Crippen molar-refractivity contribution >= 4 is 29.3 Å². The lowest BCUT2D eigenvalue weighted by Gasteiger charge is -2.17. The molecule has 1 heterocycles. The Morgan fingerprint density at radius 2 is 2.40 bits per heavy atom. The van der Waals surface area contributed by atoms with E-state index in [1.165, 1.54) is 6.20 Å². The van der Waals surface area contributed by atoms with Gasteiger partial charge in [0.15, 0.2) is 5.82 Å². The van der Waals surface area contributed by atoms with Crippen LogP contribution in [0.15, 0.2) is 6.20 Å². The minimum absolute atomic E-state index is 0.123. The van der Waals surface area contributed by atoms with Crippen LogP contribution in [-0.4, -0.2) is 36.5 Å². The zero-order valence-electron chi connectivity index (χ0n) is 8.49. The fourth-order valence-corrected chi connectivity index (χ4v) is 1.24. The maximum absolute atomic E-state index is 11.1. The van der Waals surface area contributed by atoms with Crippen molar-refractivity contribution < 1.29 is 4.79 Å². The molecule has 0 aliphatic heterocycles. The molecule has 0 saturated heterocycles. The molecule has 3 N–H and O–H groups in total. The average molecular weight is 230 g/mol. The van der Waals surface area contributed by atoms with Crippen molar-refractivity contribution in [2.45, 2.75) is 0 Å². The minimum atomic E-state index is -0.134. The molecule has 0 fully saturated rings. The first-order valence-corrected chi connectivity index (χ1v) is 4.62. The number of likely N-dealkylation sites (N-methyl/N-ethyl adjacent to an activating group) is 2. The maximum Gasteiger partial charge on any atom is 0.239 e. The van der Waals surface area contributed by atoms with Gasteiger partial charge in [0.2, 0.25) is 11.9 Å². The van der Waals surface area contributed by atoms with Gasteiger partial charge in [-0.15, -0.1) is 0 Å². The Labute approximate surface area is 92.4 Å². The van der Waals surface area contributed by atoms with Gasteiger partial charge >= 0.3 is 0 Å². The van der Waals surface area contributed by atoms with Crippen molar-refractivity contribution in [3.63, 3.8) is 0 Å². The fraction of sp³-hybridized carbons (Fsp3) is 0.375. The minimum Gasteiger partial charge on any atom is -0.368 e. The SMILES string of the molecule is CNC(=O)CN(C)c1nc(N)ncc1Cl. The molecule has 1 aromatic rings. The number of nitrogens with zero attached hydrogens (tertiary/aromatic N) is 3. The van der Waals surface area contributed by atoms with Crippen molar-refractivity contribution in [2.24, 2.45) is 0 Å². The van der Waals surface area contributed by atoms with E-state index in [1.54, 1.807) is 19.0 Å². The quantitative estimate of drug-likeness (QED) is 0.756. The molecule has 0 aromatic carbocycles. The number of aromatic nitrogens is 2. The second-order valence-electron chi connectivity index (χ2n) is 2.93. The molecule has 7 heteroatoms. The summed E-state index contributed by atoms with van der Waals surface area (Å²) in [5.74, 6) is 0.427. The number of nitrogens with two attached hydrogens (primary N) is 1. The molecular weight excluding hydrogens is 218 g/mol. The molecule has 1 rings (SSSR count). The van der Waals surface area contributed by atoms with Gasteiger partial charge in [-0.1, -0.05) is 11.6 Å². The van der Waals surface area contributed by atoms with Crippen LogP contribution in [0, 0.1) is 0 Å². The maximum atomic E-state index is 11.1. The molecule has 0 aliphatic carbocycles. The van der Waals surface area contributed by atoms with Crippen LogP contribution in [0.2, 0.25) is 5.02 Å². The molecule has 0 spiro atoms. The zero-order valence-corrected chi connectivity index (χ0v) is 9.25. The number of nitrogens with one attached hydrogen (secondary N) is 1.